The fraction of sp³-hybridized carbons (Fsp3) is 0.615. The summed E-state index contributed by atoms with van der Waals surface area (Å²) in [7, 11) is 0. The van der Waals surface area contributed by atoms with Crippen LogP contribution in [-0.2, 0) is 4.74 Å². The SMILES string of the molecule is OC[C@@H]1C[C@@H]2O[C@H]([C@H](O)[C@H]2O)[C@@H]1n1cnc2c(Cl)ncnc21. The molecular formula is C13H15ClN4O4. The maximum atomic E-state index is 10.2. The van der Waals surface area contributed by atoms with Crippen LogP contribution in [0.1, 0.15) is 12.5 Å². The monoisotopic (exact) mass is 326 g/mol. The molecule has 2 saturated heterocycles. The Morgan fingerprint density at radius 3 is 2.86 bits per heavy atom. The van der Waals surface area contributed by atoms with Gasteiger partial charge in [-0.25, -0.2) is 15.0 Å². The van der Waals surface area contributed by atoms with Gasteiger partial charge in [-0.05, 0) is 6.42 Å². The highest BCUT2D eigenvalue weighted by Crippen LogP contribution is 2.44. The van der Waals surface area contributed by atoms with Crippen LogP contribution in [0.2, 0.25) is 5.15 Å². The van der Waals surface area contributed by atoms with Gasteiger partial charge in [-0.15, -0.1) is 0 Å². The lowest BCUT2D eigenvalue weighted by molar-refractivity contribution is -0.0907. The standard InChI is InChI=1S/C13H15ClN4O4/c14-12-7-13(16-3-15-12)18(4-17-7)8-5(2-19)1-6-9(20)10(21)11(8)22-6/h3-6,8-11,19-21H,1-2H2/t5-,6-,8+,9-,10+,11-/m0/s1. The van der Waals surface area contributed by atoms with Crippen molar-refractivity contribution in [2.45, 2.75) is 36.9 Å². The van der Waals surface area contributed by atoms with Crippen molar-refractivity contribution < 1.29 is 20.1 Å². The number of nitrogens with zero attached hydrogens (tertiary/aromatic N) is 4. The summed E-state index contributed by atoms with van der Waals surface area (Å²) >= 11 is 6.01. The van der Waals surface area contributed by atoms with E-state index in [2.05, 4.69) is 15.0 Å². The molecule has 2 bridgehead atoms. The van der Waals surface area contributed by atoms with Gasteiger partial charge in [-0.3, -0.25) is 0 Å². The molecule has 2 aliphatic rings. The Labute approximate surface area is 130 Å². The van der Waals surface area contributed by atoms with E-state index in [1.165, 1.54) is 6.33 Å². The Hall–Kier alpha value is -1.32. The van der Waals surface area contributed by atoms with Crippen molar-refractivity contribution in [2.24, 2.45) is 5.92 Å². The van der Waals surface area contributed by atoms with Crippen molar-refractivity contribution in [3.63, 3.8) is 0 Å². The van der Waals surface area contributed by atoms with Gasteiger partial charge in [0, 0.05) is 12.5 Å². The predicted molar refractivity (Wildman–Crippen MR) is 75.2 cm³/mol. The molecule has 2 fully saturated rings. The van der Waals surface area contributed by atoms with Crippen LogP contribution < -0.4 is 0 Å². The van der Waals surface area contributed by atoms with E-state index in [1.54, 1.807) is 10.9 Å². The van der Waals surface area contributed by atoms with Gasteiger partial charge >= 0.3 is 0 Å². The number of fused-ring (bicyclic) bond motifs is 3. The van der Waals surface area contributed by atoms with Crippen LogP contribution in [-0.4, -0.2) is 65.9 Å². The molecule has 2 aliphatic heterocycles. The lowest BCUT2D eigenvalue weighted by Gasteiger charge is -2.36. The minimum Gasteiger partial charge on any atom is -0.396 e. The molecule has 4 rings (SSSR count). The zero-order valence-electron chi connectivity index (χ0n) is 11.4. The van der Waals surface area contributed by atoms with Crippen molar-refractivity contribution in [1.29, 1.82) is 0 Å². The molecule has 3 N–H and O–H groups in total. The number of imidazole rings is 1. The van der Waals surface area contributed by atoms with Gasteiger partial charge in [0.25, 0.3) is 0 Å². The number of rotatable bonds is 2. The highest BCUT2D eigenvalue weighted by molar-refractivity contribution is 6.33. The second-order valence-corrected chi connectivity index (χ2v) is 6.14. The highest BCUT2D eigenvalue weighted by atomic mass is 35.5. The van der Waals surface area contributed by atoms with Crippen LogP contribution >= 0.6 is 11.6 Å². The minimum absolute atomic E-state index is 0.0844. The van der Waals surface area contributed by atoms with Crippen LogP contribution in [0.15, 0.2) is 12.7 Å². The van der Waals surface area contributed by atoms with Crippen LogP contribution in [0.4, 0.5) is 0 Å². The summed E-state index contributed by atoms with van der Waals surface area (Å²) in [6.07, 6.45) is 0.300. The largest absolute Gasteiger partial charge is 0.396 e. The first-order valence-electron chi connectivity index (χ1n) is 7.07. The van der Waals surface area contributed by atoms with E-state index in [1.807, 2.05) is 0 Å². The van der Waals surface area contributed by atoms with E-state index in [9.17, 15) is 15.3 Å². The number of aliphatic hydroxyl groups excluding tert-OH is 3. The lowest BCUT2D eigenvalue weighted by Crippen LogP contribution is -2.41. The number of aliphatic hydroxyl groups is 3. The average Bonchev–Trinajstić information content (AvgIpc) is 3.05. The van der Waals surface area contributed by atoms with Gasteiger partial charge in [0.15, 0.2) is 10.8 Å². The Bertz CT molecular complexity index is 710. The molecule has 0 aliphatic carbocycles. The van der Waals surface area contributed by atoms with Crippen molar-refractivity contribution in [3.05, 3.63) is 17.8 Å². The first-order chi connectivity index (χ1) is 10.6. The number of aromatic nitrogens is 4. The fourth-order valence-electron chi connectivity index (χ4n) is 3.57. The maximum absolute atomic E-state index is 10.2. The van der Waals surface area contributed by atoms with Crippen molar-refractivity contribution >= 4 is 22.8 Å². The minimum atomic E-state index is -1.01. The number of ether oxygens (including phenoxy) is 1. The molecule has 0 unspecified atom stereocenters. The van der Waals surface area contributed by atoms with Crippen LogP contribution in [0.5, 0.6) is 0 Å². The van der Waals surface area contributed by atoms with Gasteiger partial charge < -0.3 is 24.6 Å². The molecular weight excluding hydrogens is 312 g/mol. The first-order valence-corrected chi connectivity index (χ1v) is 7.45. The highest BCUT2D eigenvalue weighted by Gasteiger charge is 2.54. The zero-order chi connectivity index (χ0) is 15.4. The third-order valence-electron chi connectivity index (χ3n) is 4.62. The summed E-state index contributed by atoms with van der Waals surface area (Å²) in [6, 6.07) is -0.385. The van der Waals surface area contributed by atoms with Crippen molar-refractivity contribution in [3.8, 4) is 0 Å². The molecule has 9 heteroatoms. The topological polar surface area (TPSA) is 114 Å². The van der Waals surface area contributed by atoms with E-state index >= 15 is 0 Å². The first kappa shape index (κ1) is 14.3. The molecule has 0 aromatic carbocycles. The van der Waals surface area contributed by atoms with Crippen LogP contribution in [0.25, 0.3) is 11.2 Å². The third kappa shape index (κ3) is 1.88. The summed E-state index contributed by atoms with van der Waals surface area (Å²) in [5, 5.41) is 30.2. The molecule has 8 nitrogen and oxygen atoms in total. The second-order valence-electron chi connectivity index (χ2n) is 5.78. The van der Waals surface area contributed by atoms with E-state index in [4.69, 9.17) is 16.3 Å². The Morgan fingerprint density at radius 1 is 1.27 bits per heavy atom. The molecule has 4 heterocycles. The summed E-state index contributed by atoms with van der Waals surface area (Å²) < 4.78 is 7.48. The van der Waals surface area contributed by atoms with E-state index in [-0.39, 0.29) is 23.7 Å². The Kier molecular flexibility index (Phi) is 3.31. The molecule has 6 atom stereocenters. The normalized spacial score (nSPS) is 37.8. The summed E-state index contributed by atoms with van der Waals surface area (Å²) in [5.74, 6) is -0.179. The quantitative estimate of drug-likeness (QED) is 0.639. The van der Waals surface area contributed by atoms with E-state index < -0.39 is 24.4 Å². The van der Waals surface area contributed by atoms with Gasteiger partial charge in [0.1, 0.15) is 30.2 Å². The molecule has 0 radical (unpaired) electrons. The number of halogens is 1. The van der Waals surface area contributed by atoms with Crippen molar-refractivity contribution in [2.75, 3.05) is 6.61 Å². The van der Waals surface area contributed by atoms with Gasteiger partial charge in [-0.2, -0.15) is 0 Å². The van der Waals surface area contributed by atoms with Gasteiger partial charge in [-0.1, -0.05) is 11.6 Å². The predicted octanol–water partition coefficient (Wildman–Crippen LogP) is -0.478. The van der Waals surface area contributed by atoms with E-state index in [0.29, 0.717) is 17.6 Å². The van der Waals surface area contributed by atoms with Gasteiger partial charge in [0.2, 0.25) is 0 Å². The van der Waals surface area contributed by atoms with E-state index in [0.717, 1.165) is 0 Å². The number of hydrogen-bond acceptors (Lipinski definition) is 7. The zero-order valence-corrected chi connectivity index (χ0v) is 12.2. The maximum Gasteiger partial charge on any atom is 0.165 e. The van der Waals surface area contributed by atoms with Crippen molar-refractivity contribution in [1.82, 2.24) is 19.5 Å². The molecule has 2 aromatic rings. The summed E-state index contributed by atoms with van der Waals surface area (Å²) in [4.78, 5) is 12.3. The molecule has 2 aromatic heterocycles. The fourth-order valence-corrected chi connectivity index (χ4v) is 3.75. The van der Waals surface area contributed by atoms with Gasteiger partial charge in [0.05, 0.1) is 18.5 Å². The summed E-state index contributed by atoms with van der Waals surface area (Å²) in [5.41, 5.74) is 0.968. The lowest BCUT2D eigenvalue weighted by atomic mass is 9.90. The molecule has 0 saturated carbocycles. The molecule has 22 heavy (non-hydrogen) atoms. The van der Waals surface area contributed by atoms with Crippen LogP contribution in [0, 0.1) is 5.92 Å². The molecule has 0 amide bonds. The molecule has 118 valence electrons. The Morgan fingerprint density at radius 2 is 2.09 bits per heavy atom. The summed E-state index contributed by atoms with van der Waals surface area (Å²) in [6.45, 7) is -0.0844. The Balaban J connectivity index is 1.83. The third-order valence-corrected chi connectivity index (χ3v) is 4.90. The number of hydrogen-bond donors (Lipinski definition) is 3. The molecule has 0 spiro atoms. The second kappa shape index (κ2) is 5.10. The smallest absolute Gasteiger partial charge is 0.165 e. The van der Waals surface area contributed by atoms with Crippen LogP contribution in [0.3, 0.4) is 0 Å². The average molecular weight is 327 g/mol.